The standard InChI is InChI=1S/C22H32F3N3O6/c1-12(2)7-16(29)20(33)28-11-21(4-5-21)9-15(28)19(32)27-14(8-13-3-6-26-18(13)31)17(30)10-34-22(23,24)25/h12-16,29H,3-11H2,1-2H3,(H,26,31)(H,27,32)/t13-,14+,15+,16-/m1/s1. The molecule has 12 heteroatoms. The number of nitrogens with one attached hydrogen (secondary N) is 2. The molecule has 0 aromatic rings. The van der Waals surface area contributed by atoms with E-state index in [1.165, 1.54) is 4.90 Å². The molecule has 2 saturated heterocycles. The second kappa shape index (κ2) is 10.2. The highest BCUT2D eigenvalue weighted by Gasteiger charge is 2.56. The first kappa shape index (κ1) is 26.4. The lowest BCUT2D eigenvalue weighted by Crippen LogP contribution is -2.53. The van der Waals surface area contributed by atoms with Gasteiger partial charge in [0.25, 0.3) is 5.91 Å². The fourth-order valence-corrected chi connectivity index (χ4v) is 4.75. The number of nitrogens with zero attached hydrogens (tertiary/aromatic N) is 1. The molecule has 1 aliphatic carbocycles. The van der Waals surface area contributed by atoms with E-state index in [2.05, 4.69) is 15.4 Å². The van der Waals surface area contributed by atoms with Gasteiger partial charge >= 0.3 is 6.36 Å². The number of hydrogen-bond acceptors (Lipinski definition) is 6. The SMILES string of the molecule is CC(C)C[C@@H](O)C(=O)N1CC2(CC2)C[C@H]1C(=O)N[C@@H](C[C@H]1CCNC1=O)C(=O)COC(F)(F)F. The van der Waals surface area contributed by atoms with Crippen LogP contribution in [0.3, 0.4) is 0 Å². The van der Waals surface area contributed by atoms with E-state index in [4.69, 9.17) is 0 Å². The molecule has 2 aliphatic heterocycles. The number of likely N-dealkylation sites (tertiary alicyclic amines) is 1. The lowest BCUT2D eigenvalue weighted by atomic mass is 9.95. The largest absolute Gasteiger partial charge is 0.522 e. The van der Waals surface area contributed by atoms with Gasteiger partial charge in [-0.2, -0.15) is 0 Å². The van der Waals surface area contributed by atoms with Crippen molar-refractivity contribution >= 4 is 23.5 Å². The van der Waals surface area contributed by atoms with Gasteiger partial charge < -0.3 is 20.6 Å². The van der Waals surface area contributed by atoms with Crippen LogP contribution >= 0.6 is 0 Å². The second-order valence-electron chi connectivity index (χ2n) is 10.1. The van der Waals surface area contributed by atoms with E-state index in [0.29, 0.717) is 25.9 Å². The van der Waals surface area contributed by atoms with Crippen LogP contribution in [0, 0.1) is 17.3 Å². The summed E-state index contributed by atoms with van der Waals surface area (Å²) in [5.74, 6) is -3.19. The Bertz CT molecular complexity index is 814. The first-order valence-corrected chi connectivity index (χ1v) is 11.6. The molecule has 0 radical (unpaired) electrons. The van der Waals surface area contributed by atoms with Crippen molar-refractivity contribution in [2.24, 2.45) is 17.3 Å². The molecule has 2 heterocycles. The summed E-state index contributed by atoms with van der Waals surface area (Å²) in [6, 6.07) is -2.33. The van der Waals surface area contributed by atoms with Gasteiger partial charge in [0.2, 0.25) is 11.8 Å². The normalized spacial score (nSPS) is 25.4. The zero-order valence-corrected chi connectivity index (χ0v) is 19.3. The molecule has 3 N–H and O–H groups in total. The summed E-state index contributed by atoms with van der Waals surface area (Å²) in [5.41, 5.74) is -0.209. The number of carbonyl (C=O) groups is 4. The average molecular weight is 492 g/mol. The first-order valence-electron chi connectivity index (χ1n) is 11.6. The number of amides is 3. The molecule has 1 saturated carbocycles. The fourth-order valence-electron chi connectivity index (χ4n) is 4.75. The molecule has 0 bridgehead atoms. The number of aliphatic hydroxyl groups is 1. The minimum atomic E-state index is -5.02. The predicted molar refractivity (Wildman–Crippen MR) is 112 cm³/mol. The van der Waals surface area contributed by atoms with Crippen LogP contribution in [-0.4, -0.2) is 77.8 Å². The van der Waals surface area contributed by atoms with E-state index >= 15 is 0 Å². The summed E-state index contributed by atoms with van der Waals surface area (Å²) in [5, 5.41) is 15.4. The molecule has 34 heavy (non-hydrogen) atoms. The van der Waals surface area contributed by atoms with E-state index in [0.717, 1.165) is 12.8 Å². The zero-order chi connectivity index (χ0) is 25.3. The van der Waals surface area contributed by atoms with Crippen LogP contribution in [0.5, 0.6) is 0 Å². The third-order valence-electron chi connectivity index (χ3n) is 6.80. The summed E-state index contributed by atoms with van der Waals surface area (Å²) in [7, 11) is 0. The summed E-state index contributed by atoms with van der Waals surface area (Å²) >= 11 is 0. The Kier molecular flexibility index (Phi) is 7.91. The number of ether oxygens (including phenoxy) is 1. The summed E-state index contributed by atoms with van der Waals surface area (Å²) in [6.07, 6.45) is -3.85. The minimum absolute atomic E-state index is 0.0527. The van der Waals surface area contributed by atoms with Crippen molar-refractivity contribution in [3.8, 4) is 0 Å². The monoisotopic (exact) mass is 491 g/mol. The van der Waals surface area contributed by atoms with E-state index in [9.17, 15) is 37.5 Å². The third-order valence-corrected chi connectivity index (χ3v) is 6.80. The Morgan fingerprint density at radius 3 is 2.50 bits per heavy atom. The van der Waals surface area contributed by atoms with E-state index in [-0.39, 0.29) is 30.1 Å². The number of Topliss-reactive ketones (excluding diaryl/α,β-unsaturated/α-hetero) is 1. The highest BCUT2D eigenvalue weighted by atomic mass is 19.4. The van der Waals surface area contributed by atoms with Gasteiger partial charge in [-0.05, 0) is 49.9 Å². The summed E-state index contributed by atoms with van der Waals surface area (Å²) < 4.78 is 41.0. The maximum absolute atomic E-state index is 13.2. The molecule has 9 nitrogen and oxygen atoms in total. The summed E-state index contributed by atoms with van der Waals surface area (Å²) in [6.45, 7) is 3.09. The minimum Gasteiger partial charge on any atom is -0.383 e. The molecular weight excluding hydrogens is 459 g/mol. The topological polar surface area (TPSA) is 125 Å². The van der Waals surface area contributed by atoms with Crippen molar-refractivity contribution in [1.82, 2.24) is 15.5 Å². The van der Waals surface area contributed by atoms with Crippen molar-refractivity contribution < 1.29 is 42.2 Å². The highest BCUT2D eigenvalue weighted by molar-refractivity contribution is 5.95. The number of aliphatic hydroxyl groups excluding tert-OH is 1. The smallest absolute Gasteiger partial charge is 0.383 e. The van der Waals surface area contributed by atoms with Gasteiger partial charge in [0.15, 0.2) is 5.78 Å². The molecule has 0 aromatic heterocycles. The van der Waals surface area contributed by atoms with Crippen LogP contribution < -0.4 is 10.6 Å². The van der Waals surface area contributed by atoms with Gasteiger partial charge in [0.1, 0.15) is 18.8 Å². The van der Waals surface area contributed by atoms with Gasteiger partial charge in [-0.25, -0.2) is 0 Å². The lowest BCUT2D eigenvalue weighted by Gasteiger charge is -2.28. The number of carbonyl (C=O) groups excluding carboxylic acids is 4. The maximum atomic E-state index is 13.2. The molecule has 1 spiro atoms. The molecular formula is C22H32F3N3O6. The van der Waals surface area contributed by atoms with E-state index in [1.807, 2.05) is 13.8 Å². The van der Waals surface area contributed by atoms with Crippen LogP contribution in [-0.2, 0) is 23.9 Å². The number of rotatable bonds is 10. The van der Waals surface area contributed by atoms with Gasteiger partial charge in [0.05, 0.1) is 6.04 Å². The number of halogens is 3. The Balaban J connectivity index is 1.73. The van der Waals surface area contributed by atoms with Crippen LogP contribution in [0.25, 0.3) is 0 Å². The van der Waals surface area contributed by atoms with Gasteiger partial charge in [-0.3, -0.25) is 23.9 Å². The van der Waals surface area contributed by atoms with Crippen molar-refractivity contribution in [1.29, 1.82) is 0 Å². The van der Waals surface area contributed by atoms with Crippen molar-refractivity contribution in [3.63, 3.8) is 0 Å². The Morgan fingerprint density at radius 2 is 1.97 bits per heavy atom. The Morgan fingerprint density at radius 1 is 1.29 bits per heavy atom. The Hall–Kier alpha value is -2.21. The maximum Gasteiger partial charge on any atom is 0.522 e. The van der Waals surface area contributed by atoms with Gasteiger partial charge in [-0.1, -0.05) is 13.8 Å². The molecule has 192 valence electrons. The molecule has 3 fully saturated rings. The predicted octanol–water partition coefficient (Wildman–Crippen LogP) is 0.891. The van der Waals surface area contributed by atoms with Crippen LogP contribution in [0.1, 0.15) is 52.4 Å². The molecule has 3 rings (SSSR count). The number of alkyl halides is 3. The zero-order valence-electron chi connectivity index (χ0n) is 19.3. The van der Waals surface area contributed by atoms with E-state index < -0.39 is 54.7 Å². The van der Waals surface area contributed by atoms with Crippen LogP contribution in [0.2, 0.25) is 0 Å². The van der Waals surface area contributed by atoms with Crippen LogP contribution in [0.15, 0.2) is 0 Å². The lowest BCUT2D eigenvalue weighted by molar-refractivity contribution is -0.321. The summed E-state index contributed by atoms with van der Waals surface area (Å²) in [4.78, 5) is 51.9. The molecule has 4 atom stereocenters. The van der Waals surface area contributed by atoms with Crippen molar-refractivity contribution in [3.05, 3.63) is 0 Å². The molecule has 3 amide bonds. The molecule has 3 aliphatic rings. The molecule has 0 aromatic carbocycles. The third kappa shape index (κ3) is 6.68. The van der Waals surface area contributed by atoms with Gasteiger partial charge in [0, 0.05) is 19.0 Å². The first-order chi connectivity index (χ1) is 15.8. The van der Waals surface area contributed by atoms with Crippen molar-refractivity contribution in [2.45, 2.75) is 76.9 Å². The molecule has 0 unspecified atom stereocenters. The van der Waals surface area contributed by atoms with Gasteiger partial charge in [-0.15, -0.1) is 13.2 Å². The average Bonchev–Trinajstić information content (AvgIpc) is 3.19. The second-order valence-corrected chi connectivity index (χ2v) is 10.1. The van der Waals surface area contributed by atoms with Crippen molar-refractivity contribution in [2.75, 3.05) is 19.7 Å². The number of hydrogen-bond donors (Lipinski definition) is 3. The Labute approximate surface area is 195 Å². The number of ketones is 1. The highest BCUT2D eigenvalue weighted by Crippen LogP contribution is 2.55. The quantitative estimate of drug-likeness (QED) is 0.417. The van der Waals surface area contributed by atoms with E-state index in [1.54, 1.807) is 0 Å². The fraction of sp³-hybridized carbons (Fsp3) is 0.818. The van der Waals surface area contributed by atoms with Crippen LogP contribution in [0.4, 0.5) is 13.2 Å².